The Balaban J connectivity index is 1.91. The SMILES string of the molecule is O=c1ccc(-c2ccc(CBr)cc2)cn1Cc1ccc(Cl)cc1. The van der Waals surface area contributed by atoms with Crippen LogP contribution >= 0.6 is 27.5 Å². The summed E-state index contributed by atoms with van der Waals surface area (Å²) in [6, 6.07) is 19.3. The van der Waals surface area contributed by atoms with Crippen LogP contribution in [0.5, 0.6) is 0 Å². The van der Waals surface area contributed by atoms with Gasteiger partial charge in [-0.05, 0) is 40.5 Å². The zero-order valence-corrected chi connectivity index (χ0v) is 14.7. The highest BCUT2D eigenvalue weighted by molar-refractivity contribution is 9.08. The van der Waals surface area contributed by atoms with Crippen LogP contribution in [0.2, 0.25) is 5.02 Å². The fourth-order valence-corrected chi connectivity index (χ4v) is 2.90. The Kier molecular flexibility index (Phi) is 4.99. The summed E-state index contributed by atoms with van der Waals surface area (Å²) in [6.45, 7) is 0.531. The minimum absolute atomic E-state index is 0.0132. The zero-order valence-electron chi connectivity index (χ0n) is 12.4. The maximum atomic E-state index is 12.1. The molecule has 4 heteroatoms. The molecule has 0 saturated heterocycles. The smallest absolute Gasteiger partial charge is 0.250 e. The Labute approximate surface area is 148 Å². The van der Waals surface area contributed by atoms with Gasteiger partial charge in [-0.1, -0.05) is 63.9 Å². The van der Waals surface area contributed by atoms with Crippen molar-refractivity contribution in [3.63, 3.8) is 0 Å². The maximum absolute atomic E-state index is 12.1. The summed E-state index contributed by atoms with van der Waals surface area (Å²) in [5.74, 6) is 0. The minimum atomic E-state index is -0.0132. The third kappa shape index (κ3) is 3.92. The molecule has 0 saturated carbocycles. The van der Waals surface area contributed by atoms with Crippen LogP contribution in [0.25, 0.3) is 11.1 Å². The highest BCUT2D eigenvalue weighted by Gasteiger charge is 2.03. The predicted octanol–water partition coefficient (Wildman–Crippen LogP) is 5.11. The zero-order chi connectivity index (χ0) is 16.2. The van der Waals surface area contributed by atoms with Crippen molar-refractivity contribution in [3.05, 3.63) is 93.4 Å². The molecule has 0 unspecified atom stereocenters. The number of pyridine rings is 1. The average molecular weight is 389 g/mol. The van der Waals surface area contributed by atoms with E-state index >= 15 is 0 Å². The number of rotatable bonds is 4. The van der Waals surface area contributed by atoms with E-state index in [1.165, 1.54) is 5.56 Å². The average Bonchev–Trinajstić information content (AvgIpc) is 2.59. The van der Waals surface area contributed by atoms with Crippen LogP contribution in [0.1, 0.15) is 11.1 Å². The summed E-state index contributed by atoms with van der Waals surface area (Å²) < 4.78 is 1.72. The van der Waals surface area contributed by atoms with E-state index in [0.29, 0.717) is 11.6 Å². The van der Waals surface area contributed by atoms with E-state index in [0.717, 1.165) is 22.0 Å². The highest BCUT2D eigenvalue weighted by Crippen LogP contribution is 2.20. The van der Waals surface area contributed by atoms with Crippen LogP contribution in [-0.4, -0.2) is 4.57 Å². The van der Waals surface area contributed by atoms with E-state index in [9.17, 15) is 4.79 Å². The van der Waals surface area contributed by atoms with Crippen molar-refractivity contribution in [2.45, 2.75) is 11.9 Å². The fourth-order valence-electron chi connectivity index (χ4n) is 2.40. The van der Waals surface area contributed by atoms with Crippen molar-refractivity contribution < 1.29 is 0 Å². The van der Waals surface area contributed by atoms with Crippen molar-refractivity contribution in [2.75, 3.05) is 0 Å². The molecule has 0 aliphatic carbocycles. The Hall–Kier alpha value is -1.84. The summed E-state index contributed by atoms with van der Waals surface area (Å²) in [6.07, 6.45) is 1.90. The summed E-state index contributed by atoms with van der Waals surface area (Å²) in [5, 5.41) is 1.53. The summed E-state index contributed by atoms with van der Waals surface area (Å²) in [4.78, 5) is 12.1. The molecule has 0 spiro atoms. The van der Waals surface area contributed by atoms with Crippen LogP contribution in [-0.2, 0) is 11.9 Å². The van der Waals surface area contributed by atoms with Gasteiger partial charge in [0, 0.05) is 22.6 Å². The molecule has 0 radical (unpaired) electrons. The van der Waals surface area contributed by atoms with Gasteiger partial charge < -0.3 is 4.57 Å². The van der Waals surface area contributed by atoms with Gasteiger partial charge in [-0.2, -0.15) is 0 Å². The number of nitrogens with zero attached hydrogens (tertiary/aromatic N) is 1. The predicted molar refractivity (Wildman–Crippen MR) is 99.3 cm³/mol. The largest absolute Gasteiger partial charge is 0.310 e. The second-order valence-electron chi connectivity index (χ2n) is 5.34. The van der Waals surface area contributed by atoms with E-state index in [4.69, 9.17) is 11.6 Å². The van der Waals surface area contributed by atoms with E-state index in [1.54, 1.807) is 10.6 Å². The van der Waals surface area contributed by atoms with Gasteiger partial charge in [-0.15, -0.1) is 0 Å². The first-order valence-electron chi connectivity index (χ1n) is 7.26. The number of hydrogen-bond acceptors (Lipinski definition) is 1. The standard InChI is InChI=1S/C19H15BrClNO/c20-11-14-1-5-16(6-2-14)17-7-10-19(23)22(13-17)12-15-3-8-18(21)9-4-15/h1-10,13H,11-12H2. The molecular weight excluding hydrogens is 374 g/mol. The first-order chi connectivity index (χ1) is 11.2. The lowest BCUT2D eigenvalue weighted by molar-refractivity contribution is 0.761. The molecule has 23 heavy (non-hydrogen) atoms. The molecule has 1 aromatic heterocycles. The third-order valence-electron chi connectivity index (χ3n) is 3.69. The molecule has 0 atom stereocenters. The van der Waals surface area contributed by atoms with Crippen LogP contribution in [0, 0.1) is 0 Å². The second kappa shape index (κ2) is 7.16. The van der Waals surface area contributed by atoms with Gasteiger partial charge in [-0.3, -0.25) is 4.79 Å². The van der Waals surface area contributed by atoms with E-state index < -0.39 is 0 Å². The lowest BCUT2D eigenvalue weighted by Crippen LogP contribution is -2.19. The van der Waals surface area contributed by atoms with Gasteiger partial charge >= 0.3 is 0 Å². The summed E-state index contributed by atoms with van der Waals surface area (Å²) in [7, 11) is 0. The molecule has 3 aromatic rings. The van der Waals surface area contributed by atoms with Gasteiger partial charge in [-0.25, -0.2) is 0 Å². The van der Waals surface area contributed by atoms with Gasteiger partial charge in [0.2, 0.25) is 0 Å². The van der Waals surface area contributed by atoms with Crippen LogP contribution in [0.15, 0.2) is 71.7 Å². The number of benzene rings is 2. The second-order valence-corrected chi connectivity index (χ2v) is 6.34. The molecule has 0 N–H and O–H groups in total. The van der Waals surface area contributed by atoms with Crippen LogP contribution < -0.4 is 5.56 Å². The Morgan fingerprint density at radius 2 is 1.43 bits per heavy atom. The molecule has 2 aromatic carbocycles. The molecule has 0 aliphatic rings. The van der Waals surface area contributed by atoms with Crippen molar-refractivity contribution in [2.24, 2.45) is 0 Å². The topological polar surface area (TPSA) is 22.0 Å². The third-order valence-corrected chi connectivity index (χ3v) is 4.59. The molecule has 0 aliphatic heterocycles. The molecule has 0 bridgehead atoms. The monoisotopic (exact) mass is 387 g/mol. The molecular formula is C19H15BrClNO. The Bertz CT molecular complexity index is 854. The molecule has 1 heterocycles. The molecule has 3 rings (SSSR count). The molecule has 0 fully saturated rings. The van der Waals surface area contributed by atoms with Gasteiger partial charge in [0.1, 0.15) is 0 Å². The summed E-state index contributed by atoms with van der Waals surface area (Å²) >= 11 is 9.35. The van der Waals surface area contributed by atoms with E-state index in [-0.39, 0.29) is 5.56 Å². The number of halogens is 2. The fraction of sp³-hybridized carbons (Fsp3) is 0.105. The van der Waals surface area contributed by atoms with Gasteiger partial charge in [0.15, 0.2) is 0 Å². The summed E-state index contributed by atoms with van der Waals surface area (Å²) in [5.41, 5.74) is 4.38. The quantitative estimate of drug-likeness (QED) is 0.569. The minimum Gasteiger partial charge on any atom is -0.310 e. The van der Waals surface area contributed by atoms with Crippen molar-refractivity contribution >= 4 is 27.5 Å². The van der Waals surface area contributed by atoms with Crippen LogP contribution in [0.3, 0.4) is 0 Å². The first-order valence-corrected chi connectivity index (χ1v) is 8.76. The number of aromatic nitrogens is 1. The van der Waals surface area contributed by atoms with Crippen molar-refractivity contribution in [1.29, 1.82) is 0 Å². The number of alkyl halides is 1. The van der Waals surface area contributed by atoms with Gasteiger partial charge in [0.05, 0.1) is 6.54 Å². The molecule has 116 valence electrons. The van der Waals surface area contributed by atoms with Crippen molar-refractivity contribution in [3.8, 4) is 11.1 Å². The lowest BCUT2D eigenvalue weighted by atomic mass is 10.1. The maximum Gasteiger partial charge on any atom is 0.250 e. The molecule has 0 amide bonds. The Morgan fingerprint density at radius 1 is 0.826 bits per heavy atom. The normalized spacial score (nSPS) is 10.7. The number of hydrogen-bond donors (Lipinski definition) is 0. The van der Waals surface area contributed by atoms with Crippen molar-refractivity contribution in [1.82, 2.24) is 4.57 Å². The lowest BCUT2D eigenvalue weighted by Gasteiger charge is -2.09. The molecule has 2 nitrogen and oxygen atoms in total. The highest BCUT2D eigenvalue weighted by atomic mass is 79.9. The first kappa shape index (κ1) is 16.0. The van der Waals surface area contributed by atoms with E-state index in [1.807, 2.05) is 36.5 Å². The van der Waals surface area contributed by atoms with E-state index in [2.05, 4.69) is 40.2 Å². The Morgan fingerprint density at radius 3 is 2.09 bits per heavy atom. The van der Waals surface area contributed by atoms with Crippen LogP contribution in [0.4, 0.5) is 0 Å². The van der Waals surface area contributed by atoms with Gasteiger partial charge in [0.25, 0.3) is 5.56 Å².